The molecule has 130 valence electrons. The van der Waals surface area contributed by atoms with E-state index in [4.69, 9.17) is 4.74 Å². The molecule has 0 radical (unpaired) electrons. The molecule has 2 N–H and O–H groups in total. The zero-order valence-corrected chi connectivity index (χ0v) is 14.0. The Balaban J connectivity index is 2.08. The summed E-state index contributed by atoms with van der Waals surface area (Å²) in [5.74, 6) is 1.35. The van der Waals surface area contributed by atoms with E-state index in [2.05, 4.69) is 43.6 Å². The van der Waals surface area contributed by atoms with E-state index in [0.717, 1.165) is 25.9 Å². The number of piperidine rings is 1. The van der Waals surface area contributed by atoms with Crippen molar-refractivity contribution in [2.24, 2.45) is 0 Å². The summed E-state index contributed by atoms with van der Waals surface area (Å²) in [5, 5.41) is 6.17. The third-order valence-corrected chi connectivity index (χ3v) is 3.49. The van der Waals surface area contributed by atoms with Gasteiger partial charge in [0, 0.05) is 45.9 Å². The lowest BCUT2D eigenvalue weighted by Crippen LogP contribution is -2.38. The molecule has 0 spiro atoms. The number of rotatable bonds is 8. The fraction of sp³-hybridized carbons (Fsp3) is 0.500. The quantitative estimate of drug-likeness (QED) is 0.548. The normalized spacial score (nSPS) is 14.8. The van der Waals surface area contributed by atoms with Gasteiger partial charge in [-0.05, 0) is 0 Å². The monoisotopic (exact) mass is 332 g/mol. The maximum absolute atomic E-state index is 11.1. The summed E-state index contributed by atoms with van der Waals surface area (Å²) in [7, 11) is 0. The Kier molecular flexibility index (Phi) is 6.53. The molecular formula is C16H24N6O2. The molecule has 8 heteroatoms. The van der Waals surface area contributed by atoms with E-state index in [-0.39, 0.29) is 12.1 Å². The van der Waals surface area contributed by atoms with Gasteiger partial charge in [0.25, 0.3) is 0 Å². The van der Waals surface area contributed by atoms with E-state index >= 15 is 0 Å². The summed E-state index contributed by atoms with van der Waals surface area (Å²) >= 11 is 0. The predicted octanol–water partition coefficient (Wildman–Crippen LogP) is 1.60. The Morgan fingerprint density at radius 2 is 1.71 bits per heavy atom. The van der Waals surface area contributed by atoms with Crippen LogP contribution in [0.3, 0.4) is 0 Å². The van der Waals surface area contributed by atoms with Crippen LogP contribution in [0.15, 0.2) is 25.3 Å². The van der Waals surface area contributed by atoms with Crippen LogP contribution in [0, 0.1) is 0 Å². The number of hydrogen-bond acceptors (Lipinski definition) is 8. The average molecular weight is 332 g/mol. The second-order valence-corrected chi connectivity index (χ2v) is 5.42. The largest absolute Gasteiger partial charge is 0.462 e. The minimum Gasteiger partial charge on any atom is -0.462 e. The first-order valence-corrected chi connectivity index (χ1v) is 8.00. The van der Waals surface area contributed by atoms with Gasteiger partial charge in [0.05, 0.1) is 0 Å². The van der Waals surface area contributed by atoms with Crippen molar-refractivity contribution in [1.29, 1.82) is 0 Å². The Labute approximate surface area is 142 Å². The van der Waals surface area contributed by atoms with Gasteiger partial charge < -0.3 is 20.3 Å². The maximum atomic E-state index is 11.1. The summed E-state index contributed by atoms with van der Waals surface area (Å²) in [5.41, 5.74) is 0. The van der Waals surface area contributed by atoms with Crippen molar-refractivity contribution in [3.8, 4) is 0 Å². The number of nitrogens with zero attached hydrogens (tertiary/aromatic N) is 4. The molecule has 1 saturated heterocycles. The fourth-order valence-corrected chi connectivity index (χ4v) is 2.40. The average Bonchev–Trinajstić information content (AvgIpc) is 2.58. The van der Waals surface area contributed by atoms with Crippen molar-refractivity contribution < 1.29 is 9.53 Å². The molecule has 8 nitrogen and oxygen atoms in total. The lowest BCUT2D eigenvalue weighted by atomic mass is 10.1. The second-order valence-electron chi connectivity index (χ2n) is 5.42. The molecule has 0 aliphatic carbocycles. The SMILES string of the molecule is C=CCNc1nc(NCC=C)nc(N2CCC(OC(C)=O)CC2)n1. The van der Waals surface area contributed by atoms with Crippen LogP contribution in [-0.2, 0) is 9.53 Å². The van der Waals surface area contributed by atoms with E-state index in [1.807, 2.05) is 0 Å². The first-order chi connectivity index (χ1) is 11.6. The Hall–Kier alpha value is -2.64. The fourth-order valence-electron chi connectivity index (χ4n) is 2.40. The van der Waals surface area contributed by atoms with Crippen molar-refractivity contribution >= 4 is 23.8 Å². The van der Waals surface area contributed by atoms with Gasteiger partial charge in [0.2, 0.25) is 17.8 Å². The highest BCUT2D eigenvalue weighted by atomic mass is 16.5. The van der Waals surface area contributed by atoms with Crippen molar-refractivity contribution in [2.75, 3.05) is 41.7 Å². The first kappa shape index (κ1) is 17.7. The number of anilines is 3. The van der Waals surface area contributed by atoms with Gasteiger partial charge in [0.15, 0.2) is 0 Å². The van der Waals surface area contributed by atoms with Crippen molar-refractivity contribution in [1.82, 2.24) is 15.0 Å². The zero-order valence-electron chi connectivity index (χ0n) is 14.0. The topological polar surface area (TPSA) is 92.3 Å². The highest BCUT2D eigenvalue weighted by molar-refractivity contribution is 5.66. The molecule has 0 aromatic carbocycles. The van der Waals surface area contributed by atoms with Crippen LogP contribution < -0.4 is 15.5 Å². The van der Waals surface area contributed by atoms with Gasteiger partial charge in [-0.15, -0.1) is 13.2 Å². The summed E-state index contributed by atoms with van der Waals surface area (Å²) in [6.07, 6.45) is 4.97. The molecule has 2 heterocycles. The lowest BCUT2D eigenvalue weighted by molar-refractivity contribution is -0.147. The van der Waals surface area contributed by atoms with Crippen molar-refractivity contribution in [3.05, 3.63) is 25.3 Å². The number of carbonyl (C=O) groups excluding carboxylic acids is 1. The number of carbonyl (C=O) groups is 1. The summed E-state index contributed by atoms with van der Waals surface area (Å²) in [4.78, 5) is 26.4. The number of nitrogens with one attached hydrogen (secondary N) is 2. The van der Waals surface area contributed by atoms with E-state index in [1.165, 1.54) is 6.92 Å². The van der Waals surface area contributed by atoms with Crippen LogP contribution >= 0.6 is 0 Å². The maximum Gasteiger partial charge on any atom is 0.302 e. The molecule has 1 aliphatic heterocycles. The van der Waals surface area contributed by atoms with Gasteiger partial charge in [0.1, 0.15) is 6.10 Å². The number of ether oxygens (including phenoxy) is 1. The molecule has 0 atom stereocenters. The minimum absolute atomic E-state index is 0.0303. The Morgan fingerprint density at radius 1 is 1.17 bits per heavy atom. The van der Waals surface area contributed by atoms with Gasteiger partial charge in [-0.25, -0.2) is 0 Å². The van der Waals surface area contributed by atoms with Crippen LogP contribution in [-0.4, -0.2) is 53.2 Å². The van der Waals surface area contributed by atoms with Gasteiger partial charge in [-0.2, -0.15) is 15.0 Å². The van der Waals surface area contributed by atoms with Crippen LogP contribution in [0.25, 0.3) is 0 Å². The molecule has 24 heavy (non-hydrogen) atoms. The summed E-state index contributed by atoms with van der Waals surface area (Å²) < 4.78 is 5.26. The molecule has 0 bridgehead atoms. The first-order valence-electron chi connectivity index (χ1n) is 8.00. The van der Waals surface area contributed by atoms with Crippen LogP contribution in [0.2, 0.25) is 0 Å². The molecule has 0 amide bonds. The molecule has 0 unspecified atom stereocenters. The smallest absolute Gasteiger partial charge is 0.302 e. The van der Waals surface area contributed by atoms with Gasteiger partial charge in [-0.3, -0.25) is 4.79 Å². The van der Waals surface area contributed by atoms with Crippen LogP contribution in [0.1, 0.15) is 19.8 Å². The van der Waals surface area contributed by atoms with E-state index in [9.17, 15) is 4.79 Å². The van der Waals surface area contributed by atoms with E-state index < -0.39 is 0 Å². The number of aromatic nitrogens is 3. The predicted molar refractivity (Wildman–Crippen MR) is 94.2 cm³/mol. The van der Waals surface area contributed by atoms with Crippen molar-refractivity contribution in [3.63, 3.8) is 0 Å². The van der Waals surface area contributed by atoms with Gasteiger partial charge >= 0.3 is 5.97 Å². The summed E-state index contributed by atoms with van der Waals surface area (Å²) in [6.45, 7) is 11.4. The minimum atomic E-state index is -0.236. The third kappa shape index (κ3) is 5.22. The molecule has 0 saturated carbocycles. The van der Waals surface area contributed by atoms with E-state index in [0.29, 0.717) is 30.9 Å². The second kappa shape index (κ2) is 8.85. The van der Waals surface area contributed by atoms with Crippen molar-refractivity contribution in [2.45, 2.75) is 25.9 Å². The third-order valence-electron chi connectivity index (χ3n) is 3.49. The zero-order chi connectivity index (χ0) is 17.4. The number of esters is 1. The molecule has 1 aromatic rings. The summed E-state index contributed by atoms with van der Waals surface area (Å²) in [6, 6.07) is 0. The number of hydrogen-bond donors (Lipinski definition) is 2. The molecule has 1 fully saturated rings. The van der Waals surface area contributed by atoms with E-state index in [1.54, 1.807) is 12.2 Å². The van der Waals surface area contributed by atoms with Crippen LogP contribution in [0.4, 0.5) is 17.8 Å². The highest BCUT2D eigenvalue weighted by Gasteiger charge is 2.23. The highest BCUT2D eigenvalue weighted by Crippen LogP contribution is 2.20. The standard InChI is InChI=1S/C16H24N6O2/c1-4-8-17-14-19-15(18-9-5-2)21-16(20-14)22-10-6-13(7-11-22)24-12(3)23/h4-5,13H,1-2,6-11H2,3H3,(H2,17,18,19,20,21). The molecule has 1 aromatic heterocycles. The lowest BCUT2D eigenvalue weighted by Gasteiger charge is -2.31. The molecule has 2 rings (SSSR count). The molecule has 1 aliphatic rings. The van der Waals surface area contributed by atoms with Crippen LogP contribution in [0.5, 0.6) is 0 Å². The molecular weight excluding hydrogens is 308 g/mol. The Bertz CT molecular complexity index is 554. The van der Waals surface area contributed by atoms with Gasteiger partial charge in [-0.1, -0.05) is 12.2 Å². The Morgan fingerprint density at radius 3 is 2.17 bits per heavy atom.